The first-order valence-electron chi connectivity index (χ1n) is 8.80. The summed E-state index contributed by atoms with van der Waals surface area (Å²) >= 11 is 6.37. The zero-order valence-corrected chi connectivity index (χ0v) is 17.1. The van der Waals surface area contributed by atoms with Crippen molar-refractivity contribution in [1.29, 1.82) is 0 Å². The van der Waals surface area contributed by atoms with Crippen LogP contribution in [0.15, 0.2) is 30.5 Å². The maximum absolute atomic E-state index is 12.0. The minimum Gasteiger partial charge on any atom is -0.491 e. The predicted octanol–water partition coefficient (Wildman–Crippen LogP) is 5.21. The number of pyridine rings is 1. The molecule has 1 heterocycles. The highest BCUT2D eigenvalue weighted by Crippen LogP contribution is 2.36. The monoisotopic (exact) mass is 391 g/mol. The number of rotatable bonds is 6. The first-order valence-corrected chi connectivity index (χ1v) is 9.18. The fourth-order valence-electron chi connectivity index (χ4n) is 2.39. The van der Waals surface area contributed by atoms with E-state index in [2.05, 4.69) is 15.6 Å². The van der Waals surface area contributed by atoms with Crippen molar-refractivity contribution in [3.8, 4) is 5.75 Å². The van der Waals surface area contributed by atoms with E-state index in [-0.39, 0.29) is 6.54 Å². The van der Waals surface area contributed by atoms with Gasteiger partial charge in [0.1, 0.15) is 17.2 Å². The maximum Gasteiger partial charge on any atom is 0.407 e. The van der Waals surface area contributed by atoms with Crippen LogP contribution in [0.25, 0.3) is 0 Å². The minimum atomic E-state index is -0.573. The van der Waals surface area contributed by atoms with Crippen molar-refractivity contribution in [2.24, 2.45) is 0 Å². The summed E-state index contributed by atoms with van der Waals surface area (Å²) in [5.74, 6) is 1.27. The number of aromatic nitrogens is 1. The van der Waals surface area contributed by atoms with Crippen molar-refractivity contribution in [3.63, 3.8) is 0 Å². The van der Waals surface area contributed by atoms with E-state index in [0.29, 0.717) is 28.8 Å². The molecule has 1 amide bonds. The van der Waals surface area contributed by atoms with Crippen LogP contribution < -0.4 is 15.4 Å². The van der Waals surface area contributed by atoms with Crippen LogP contribution in [0.5, 0.6) is 5.75 Å². The number of anilines is 2. The lowest BCUT2D eigenvalue weighted by Crippen LogP contribution is -2.32. The lowest BCUT2D eigenvalue weighted by Gasteiger charge is -2.21. The molecule has 146 valence electrons. The summed E-state index contributed by atoms with van der Waals surface area (Å²) in [5.41, 5.74) is 1.91. The van der Waals surface area contributed by atoms with E-state index in [9.17, 15) is 4.79 Å². The molecule has 0 spiro atoms. The third kappa shape index (κ3) is 6.32. The van der Waals surface area contributed by atoms with Gasteiger partial charge < -0.3 is 20.1 Å². The summed E-state index contributed by atoms with van der Waals surface area (Å²) in [6, 6.07) is 7.44. The number of amides is 1. The number of nitrogens with one attached hydrogen (secondary N) is 2. The van der Waals surface area contributed by atoms with Crippen molar-refractivity contribution < 1.29 is 14.3 Å². The lowest BCUT2D eigenvalue weighted by atomic mass is 10.1. The van der Waals surface area contributed by atoms with Crippen molar-refractivity contribution >= 4 is 29.2 Å². The van der Waals surface area contributed by atoms with Gasteiger partial charge in [-0.25, -0.2) is 9.78 Å². The average Bonchev–Trinajstić information content (AvgIpc) is 2.55. The summed E-state index contributed by atoms with van der Waals surface area (Å²) in [6.45, 7) is 9.95. The van der Waals surface area contributed by atoms with Crippen LogP contribution in [0, 0.1) is 6.92 Å². The topological polar surface area (TPSA) is 72.5 Å². The van der Waals surface area contributed by atoms with Gasteiger partial charge >= 0.3 is 6.09 Å². The third-order valence-electron chi connectivity index (χ3n) is 3.48. The summed E-state index contributed by atoms with van der Waals surface area (Å²) in [4.78, 5) is 16.3. The highest BCUT2D eigenvalue weighted by Gasteiger charge is 2.19. The van der Waals surface area contributed by atoms with E-state index in [1.807, 2.05) is 52.8 Å². The number of hydrogen-bond donors (Lipinski definition) is 2. The fourth-order valence-corrected chi connectivity index (χ4v) is 2.61. The second-order valence-corrected chi connectivity index (χ2v) is 7.44. The minimum absolute atomic E-state index is 0.180. The molecule has 0 aliphatic rings. The Balaban J connectivity index is 2.26. The zero-order valence-electron chi connectivity index (χ0n) is 16.4. The van der Waals surface area contributed by atoms with Crippen LogP contribution in [0.1, 0.15) is 38.8 Å². The van der Waals surface area contributed by atoms with Crippen molar-refractivity contribution in [2.75, 3.05) is 11.9 Å². The summed E-state index contributed by atoms with van der Waals surface area (Å²) < 4.78 is 11.1. The molecule has 1 aromatic heterocycles. The van der Waals surface area contributed by atoms with Gasteiger partial charge in [-0.2, -0.15) is 0 Å². The van der Waals surface area contributed by atoms with E-state index in [1.54, 1.807) is 12.3 Å². The average molecular weight is 392 g/mol. The molecule has 1 aromatic carbocycles. The van der Waals surface area contributed by atoms with E-state index >= 15 is 0 Å². The van der Waals surface area contributed by atoms with Gasteiger partial charge in [-0.3, -0.25) is 0 Å². The number of benzene rings is 1. The second kappa shape index (κ2) is 8.95. The molecule has 0 bridgehead atoms. The van der Waals surface area contributed by atoms with E-state index < -0.39 is 11.7 Å². The zero-order chi connectivity index (χ0) is 20.0. The smallest absolute Gasteiger partial charge is 0.407 e. The van der Waals surface area contributed by atoms with Crippen LogP contribution in [0.4, 0.5) is 16.3 Å². The largest absolute Gasteiger partial charge is 0.491 e. The Bertz CT molecular complexity index is 804. The molecule has 0 saturated heterocycles. The highest BCUT2D eigenvalue weighted by molar-refractivity contribution is 6.31. The quantitative estimate of drug-likeness (QED) is 0.707. The Morgan fingerprint density at radius 1 is 1.26 bits per heavy atom. The van der Waals surface area contributed by atoms with E-state index in [0.717, 1.165) is 11.3 Å². The number of aryl methyl sites for hydroxylation is 1. The summed E-state index contributed by atoms with van der Waals surface area (Å²) in [6.07, 6.45) is 1.22. The number of hydrogen-bond acceptors (Lipinski definition) is 5. The first-order chi connectivity index (χ1) is 12.7. The van der Waals surface area contributed by atoms with Gasteiger partial charge in [0.2, 0.25) is 0 Å². The van der Waals surface area contributed by atoms with Crippen LogP contribution in [-0.2, 0) is 11.3 Å². The van der Waals surface area contributed by atoms with Crippen molar-refractivity contribution in [3.05, 3.63) is 46.6 Å². The second-order valence-electron chi connectivity index (χ2n) is 7.03. The van der Waals surface area contributed by atoms with Gasteiger partial charge in [-0.15, -0.1) is 0 Å². The number of alkyl carbamates (subject to hydrolysis) is 1. The maximum atomic E-state index is 12.0. The van der Waals surface area contributed by atoms with Crippen LogP contribution in [0.2, 0.25) is 5.02 Å². The van der Waals surface area contributed by atoms with Crippen molar-refractivity contribution in [2.45, 2.75) is 46.8 Å². The molecule has 6 nitrogen and oxygen atoms in total. The van der Waals surface area contributed by atoms with Gasteiger partial charge in [-0.05, 0) is 64.4 Å². The molecule has 27 heavy (non-hydrogen) atoms. The Morgan fingerprint density at radius 3 is 2.63 bits per heavy atom. The molecule has 0 radical (unpaired) electrons. The number of carbonyl (C=O) groups is 1. The summed E-state index contributed by atoms with van der Waals surface area (Å²) in [7, 11) is 0. The molecule has 2 N–H and O–H groups in total. The SMILES string of the molecule is CCOc1c(Nc2cc(C)ccn2)ccc(Cl)c1CNC(=O)OC(C)(C)C. The van der Waals surface area contributed by atoms with E-state index in [1.165, 1.54) is 0 Å². The van der Waals surface area contributed by atoms with E-state index in [4.69, 9.17) is 21.1 Å². The number of carbonyl (C=O) groups excluding carboxylic acids is 1. The van der Waals surface area contributed by atoms with Crippen LogP contribution in [-0.4, -0.2) is 23.3 Å². The lowest BCUT2D eigenvalue weighted by molar-refractivity contribution is 0.0523. The molecule has 0 unspecified atom stereocenters. The Labute approximate surface area is 165 Å². The number of ether oxygens (including phenoxy) is 2. The molecule has 2 rings (SSSR count). The molecule has 2 aromatic rings. The highest BCUT2D eigenvalue weighted by atomic mass is 35.5. The standard InChI is InChI=1S/C20H26ClN3O3/c1-6-26-18-14(12-23-19(25)27-20(3,4)5)15(21)7-8-16(18)24-17-11-13(2)9-10-22-17/h7-11H,6,12H2,1-5H3,(H,22,24)(H,23,25). The molecular weight excluding hydrogens is 366 g/mol. The number of halogens is 1. The normalized spacial score (nSPS) is 11.0. The molecule has 0 fully saturated rings. The fraction of sp³-hybridized carbons (Fsp3) is 0.400. The molecule has 0 aliphatic carbocycles. The van der Waals surface area contributed by atoms with Crippen LogP contribution in [0.3, 0.4) is 0 Å². The molecular formula is C20H26ClN3O3. The van der Waals surface area contributed by atoms with Gasteiger partial charge in [0, 0.05) is 16.8 Å². The first kappa shape index (κ1) is 20.8. The summed E-state index contributed by atoms with van der Waals surface area (Å²) in [5, 5.41) is 6.48. The van der Waals surface area contributed by atoms with Gasteiger partial charge in [0.25, 0.3) is 0 Å². The van der Waals surface area contributed by atoms with Gasteiger partial charge in [0.05, 0.1) is 18.8 Å². The predicted molar refractivity (Wildman–Crippen MR) is 108 cm³/mol. The Hall–Kier alpha value is -2.47. The Kier molecular flexibility index (Phi) is 6.91. The van der Waals surface area contributed by atoms with Gasteiger partial charge in [-0.1, -0.05) is 11.6 Å². The van der Waals surface area contributed by atoms with Crippen LogP contribution >= 0.6 is 11.6 Å². The Morgan fingerprint density at radius 2 is 2.00 bits per heavy atom. The molecule has 0 atom stereocenters. The molecule has 0 saturated carbocycles. The third-order valence-corrected chi connectivity index (χ3v) is 3.83. The van der Waals surface area contributed by atoms with Gasteiger partial charge in [0.15, 0.2) is 0 Å². The van der Waals surface area contributed by atoms with Crippen molar-refractivity contribution in [1.82, 2.24) is 10.3 Å². The number of nitrogens with zero attached hydrogens (tertiary/aromatic N) is 1. The molecule has 0 aliphatic heterocycles. The molecule has 7 heteroatoms.